The number of unbranched alkanes of at least 4 members (excludes halogenated alkanes) is 18. The van der Waals surface area contributed by atoms with E-state index in [0.29, 0.717) is 12.8 Å². The maximum Gasteiger partial charge on any atom is 0.306 e. The molecule has 1 atom stereocenters. The summed E-state index contributed by atoms with van der Waals surface area (Å²) in [6.45, 7) is 3.98. The predicted octanol–water partition coefficient (Wildman–Crippen LogP) is 15.6. The molecule has 0 heterocycles. The highest BCUT2D eigenvalue weighted by Gasteiger charge is 2.16. The van der Waals surface area contributed by atoms with Gasteiger partial charge < -0.3 is 14.6 Å². The van der Waals surface area contributed by atoms with Crippen molar-refractivity contribution < 1.29 is 24.2 Å². The Morgan fingerprint density at radius 3 is 1.12 bits per heavy atom. The third-order valence-electron chi connectivity index (χ3n) is 9.86. The van der Waals surface area contributed by atoms with Gasteiger partial charge in [-0.2, -0.15) is 0 Å². The monoisotopic (exact) mass is 805 g/mol. The van der Waals surface area contributed by atoms with Crippen molar-refractivity contribution >= 4 is 11.9 Å². The van der Waals surface area contributed by atoms with E-state index >= 15 is 0 Å². The first kappa shape index (κ1) is 54.8. The minimum absolute atomic E-state index is 0.0795. The van der Waals surface area contributed by atoms with E-state index in [4.69, 9.17) is 9.47 Å². The molecule has 0 aliphatic heterocycles. The molecule has 0 saturated carbocycles. The zero-order valence-electron chi connectivity index (χ0n) is 37.5. The number of carbonyl (C=O) groups excluding carboxylic acids is 2. The van der Waals surface area contributed by atoms with Crippen LogP contribution < -0.4 is 0 Å². The lowest BCUT2D eigenvalue weighted by Gasteiger charge is -2.15. The van der Waals surface area contributed by atoms with Gasteiger partial charge in [0.2, 0.25) is 0 Å². The number of ether oxygens (including phenoxy) is 2. The van der Waals surface area contributed by atoms with Crippen LogP contribution in [0.1, 0.15) is 206 Å². The molecule has 0 radical (unpaired) electrons. The lowest BCUT2D eigenvalue weighted by molar-refractivity contribution is -0.161. The molecule has 58 heavy (non-hydrogen) atoms. The molecule has 0 spiro atoms. The Labute approximate surface area is 358 Å². The average molecular weight is 805 g/mol. The molecule has 1 N–H and O–H groups in total. The Hall–Kier alpha value is -3.18. The van der Waals surface area contributed by atoms with E-state index in [1.807, 2.05) is 0 Å². The highest BCUT2D eigenvalue weighted by Crippen LogP contribution is 2.14. The van der Waals surface area contributed by atoms with Crippen LogP contribution in [0.15, 0.2) is 97.2 Å². The quantitative estimate of drug-likeness (QED) is 0.0378. The van der Waals surface area contributed by atoms with Gasteiger partial charge >= 0.3 is 11.9 Å². The molecule has 0 aliphatic rings. The summed E-state index contributed by atoms with van der Waals surface area (Å²) in [6.07, 6.45) is 67.7. The van der Waals surface area contributed by atoms with Gasteiger partial charge in [0.25, 0.3) is 0 Å². The van der Waals surface area contributed by atoms with Crippen molar-refractivity contribution in [1.82, 2.24) is 0 Å². The highest BCUT2D eigenvalue weighted by molar-refractivity contribution is 5.70. The molecule has 5 heteroatoms. The number of hydrogen-bond donors (Lipinski definition) is 1. The molecule has 0 aromatic carbocycles. The van der Waals surface area contributed by atoms with Crippen LogP contribution in [0.2, 0.25) is 0 Å². The second-order valence-electron chi connectivity index (χ2n) is 15.4. The first-order chi connectivity index (χ1) is 28.6. The summed E-state index contributed by atoms with van der Waals surface area (Å²) in [6, 6.07) is 0. The molecule has 330 valence electrons. The molecule has 1 unspecified atom stereocenters. The summed E-state index contributed by atoms with van der Waals surface area (Å²) in [5.74, 6) is -0.617. The van der Waals surface area contributed by atoms with E-state index in [-0.39, 0.29) is 25.2 Å². The van der Waals surface area contributed by atoms with Gasteiger partial charge in [-0.15, -0.1) is 0 Å². The van der Waals surface area contributed by atoms with Gasteiger partial charge in [0, 0.05) is 12.8 Å². The molecule has 0 amide bonds. The van der Waals surface area contributed by atoms with E-state index in [1.165, 1.54) is 89.9 Å². The maximum absolute atomic E-state index is 12.2. The molecule has 0 fully saturated rings. The summed E-state index contributed by atoms with van der Waals surface area (Å²) in [5.41, 5.74) is 0. The molecule has 0 rings (SSSR count). The Morgan fingerprint density at radius 2 is 0.741 bits per heavy atom. The smallest absolute Gasteiger partial charge is 0.306 e. The van der Waals surface area contributed by atoms with E-state index < -0.39 is 6.10 Å². The Bertz CT molecular complexity index is 1140. The van der Waals surface area contributed by atoms with Crippen molar-refractivity contribution in [3.8, 4) is 0 Å². The third-order valence-corrected chi connectivity index (χ3v) is 9.86. The zero-order valence-corrected chi connectivity index (χ0v) is 37.5. The van der Waals surface area contributed by atoms with Crippen molar-refractivity contribution in [2.24, 2.45) is 0 Å². The van der Waals surface area contributed by atoms with Crippen LogP contribution in [0.3, 0.4) is 0 Å². The molecule has 5 nitrogen and oxygen atoms in total. The molecule has 0 aromatic rings. The predicted molar refractivity (Wildman–Crippen MR) is 251 cm³/mol. The van der Waals surface area contributed by atoms with Crippen molar-refractivity contribution in [1.29, 1.82) is 0 Å². The van der Waals surface area contributed by atoms with Crippen LogP contribution >= 0.6 is 0 Å². The minimum Gasteiger partial charge on any atom is -0.462 e. The van der Waals surface area contributed by atoms with Gasteiger partial charge in [-0.05, 0) is 96.3 Å². The molecule has 0 saturated heterocycles. The SMILES string of the molecule is CC/C=C\C/C=C\C/C=C\C/C=C\C/C=C\C/C=C\CCCCCCCCCCCCC(=O)OC(CO)COC(=O)CCCCCCC/C=C\C/C=C\CCCCC. The summed E-state index contributed by atoms with van der Waals surface area (Å²) in [4.78, 5) is 24.4. The second-order valence-corrected chi connectivity index (χ2v) is 15.4. The standard InChI is InChI=1S/C53H88O5/c1-3-5-7-9-11-13-15-17-19-20-21-22-23-24-25-26-27-28-29-30-31-32-34-36-38-40-42-44-46-48-53(56)58-51(49-54)50-57-52(55)47-45-43-41-39-37-35-33-18-16-14-12-10-8-6-4-2/h5,7,11-14,17-19,21-22,24-25,27-28,33,51,54H,3-4,6,8-10,15-16,20,23,26,29-32,34-50H2,1-2H3/b7-5-,13-11-,14-12-,19-17-,22-21-,25-24-,28-27-,33-18-. The zero-order chi connectivity index (χ0) is 42.1. The fourth-order valence-corrected chi connectivity index (χ4v) is 6.29. The summed E-state index contributed by atoms with van der Waals surface area (Å²) >= 11 is 0. The first-order valence-corrected chi connectivity index (χ1v) is 23.8. The maximum atomic E-state index is 12.2. The van der Waals surface area contributed by atoms with Gasteiger partial charge in [0.05, 0.1) is 6.61 Å². The number of aliphatic hydroxyl groups excluding tert-OH is 1. The van der Waals surface area contributed by atoms with Crippen LogP contribution in [0.5, 0.6) is 0 Å². The van der Waals surface area contributed by atoms with Gasteiger partial charge in [-0.3, -0.25) is 9.59 Å². The molecule has 0 aliphatic carbocycles. The van der Waals surface area contributed by atoms with Crippen molar-refractivity contribution in [2.45, 2.75) is 213 Å². The summed E-state index contributed by atoms with van der Waals surface area (Å²) in [5, 5.41) is 9.60. The van der Waals surface area contributed by atoms with Crippen molar-refractivity contribution in [2.75, 3.05) is 13.2 Å². The van der Waals surface area contributed by atoms with Crippen LogP contribution in [0.25, 0.3) is 0 Å². The second kappa shape index (κ2) is 48.2. The minimum atomic E-state index is -0.785. The molecule has 0 aromatic heterocycles. The van der Waals surface area contributed by atoms with Crippen molar-refractivity contribution in [3.05, 3.63) is 97.2 Å². The first-order valence-electron chi connectivity index (χ1n) is 23.8. The van der Waals surface area contributed by atoms with E-state index in [9.17, 15) is 14.7 Å². The number of hydrogen-bond acceptors (Lipinski definition) is 5. The lowest BCUT2D eigenvalue weighted by atomic mass is 10.0. The van der Waals surface area contributed by atoms with E-state index in [2.05, 4.69) is 111 Å². The Balaban J connectivity index is 3.58. The third kappa shape index (κ3) is 45.5. The number of allylic oxidation sites excluding steroid dienone is 16. The number of rotatable bonds is 42. The highest BCUT2D eigenvalue weighted by atomic mass is 16.6. The summed E-state index contributed by atoms with van der Waals surface area (Å²) < 4.78 is 10.6. The van der Waals surface area contributed by atoms with Gasteiger partial charge in [-0.25, -0.2) is 0 Å². The Morgan fingerprint density at radius 1 is 0.414 bits per heavy atom. The van der Waals surface area contributed by atoms with Crippen molar-refractivity contribution in [3.63, 3.8) is 0 Å². The van der Waals surface area contributed by atoms with Crippen LogP contribution in [-0.2, 0) is 19.1 Å². The van der Waals surface area contributed by atoms with Gasteiger partial charge in [0.15, 0.2) is 6.10 Å². The number of carbonyl (C=O) groups is 2. The van der Waals surface area contributed by atoms with Crippen LogP contribution in [-0.4, -0.2) is 36.4 Å². The topological polar surface area (TPSA) is 72.8 Å². The van der Waals surface area contributed by atoms with E-state index in [1.54, 1.807) is 0 Å². The lowest BCUT2D eigenvalue weighted by Crippen LogP contribution is -2.28. The number of aliphatic hydroxyl groups is 1. The Kier molecular flexibility index (Phi) is 45.5. The molecular formula is C53H88O5. The largest absolute Gasteiger partial charge is 0.462 e. The van der Waals surface area contributed by atoms with Crippen LogP contribution in [0, 0.1) is 0 Å². The van der Waals surface area contributed by atoms with Gasteiger partial charge in [0.1, 0.15) is 6.61 Å². The molecular weight excluding hydrogens is 717 g/mol. The average Bonchev–Trinajstić information content (AvgIpc) is 3.23. The summed E-state index contributed by atoms with van der Waals surface area (Å²) in [7, 11) is 0. The normalized spacial score (nSPS) is 13.1. The fraction of sp³-hybridized carbons (Fsp3) is 0.660. The van der Waals surface area contributed by atoms with Crippen LogP contribution in [0.4, 0.5) is 0 Å². The van der Waals surface area contributed by atoms with Gasteiger partial charge in [-0.1, -0.05) is 195 Å². The molecule has 0 bridgehead atoms. The fourth-order valence-electron chi connectivity index (χ4n) is 6.29. The number of esters is 2. The van der Waals surface area contributed by atoms with E-state index in [0.717, 1.165) is 89.9 Å².